The van der Waals surface area contributed by atoms with Crippen molar-refractivity contribution in [2.24, 2.45) is 0 Å². The standard InChI is InChI=1S/C25H18Cl3N3O3/c1-13-6-8-18(10-14(13)2)30-23(32)15-4-3-5-17(11-15)29-22-21(28)24(33)31(25(22)34)20-12-16(26)7-9-19(20)27/h3-12,29H,1-2H3,(H,30,32). The maximum Gasteiger partial charge on any atom is 0.283 e. The number of halogens is 3. The molecule has 1 aliphatic rings. The highest BCUT2D eigenvalue weighted by molar-refractivity contribution is 6.54. The molecule has 3 amide bonds. The molecule has 0 unspecified atom stereocenters. The number of carbonyl (C=O) groups excluding carboxylic acids is 3. The van der Waals surface area contributed by atoms with Gasteiger partial charge in [0.25, 0.3) is 17.7 Å². The van der Waals surface area contributed by atoms with Gasteiger partial charge in [-0.3, -0.25) is 14.4 Å². The summed E-state index contributed by atoms with van der Waals surface area (Å²) in [5, 5.41) is 5.88. The monoisotopic (exact) mass is 513 g/mol. The van der Waals surface area contributed by atoms with Crippen molar-refractivity contribution in [2.75, 3.05) is 15.5 Å². The first-order chi connectivity index (χ1) is 16.2. The smallest absolute Gasteiger partial charge is 0.283 e. The Morgan fingerprint density at radius 2 is 1.59 bits per heavy atom. The van der Waals surface area contributed by atoms with Gasteiger partial charge < -0.3 is 10.6 Å². The number of hydrogen-bond acceptors (Lipinski definition) is 4. The van der Waals surface area contributed by atoms with Crippen LogP contribution < -0.4 is 15.5 Å². The van der Waals surface area contributed by atoms with Crippen LogP contribution in [0, 0.1) is 13.8 Å². The summed E-state index contributed by atoms with van der Waals surface area (Å²) >= 11 is 18.4. The summed E-state index contributed by atoms with van der Waals surface area (Å²) in [6.07, 6.45) is 0. The molecule has 1 aliphatic heterocycles. The van der Waals surface area contributed by atoms with Gasteiger partial charge in [0.15, 0.2) is 0 Å². The summed E-state index contributed by atoms with van der Waals surface area (Å²) in [6, 6.07) is 16.6. The quantitative estimate of drug-likeness (QED) is 0.392. The first-order valence-corrected chi connectivity index (χ1v) is 11.3. The van der Waals surface area contributed by atoms with Crippen LogP contribution in [-0.2, 0) is 9.59 Å². The minimum absolute atomic E-state index is 0.126. The highest BCUT2D eigenvalue weighted by atomic mass is 35.5. The molecule has 0 aromatic heterocycles. The lowest BCUT2D eigenvalue weighted by atomic mass is 10.1. The summed E-state index contributed by atoms with van der Waals surface area (Å²) < 4.78 is 0. The Labute approximate surface area is 211 Å². The third-order valence-corrected chi connectivity index (χ3v) is 6.24. The molecule has 4 rings (SSSR count). The van der Waals surface area contributed by atoms with E-state index in [1.54, 1.807) is 30.3 Å². The number of amides is 3. The van der Waals surface area contributed by atoms with Crippen LogP contribution in [0.1, 0.15) is 21.5 Å². The summed E-state index contributed by atoms with van der Waals surface area (Å²) in [5.41, 5.74) is 3.60. The highest BCUT2D eigenvalue weighted by Crippen LogP contribution is 2.35. The lowest BCUT2D eigenvalue weighted by molar-refractivity contribution is -0.120. The predicted molar refractivity (Wildman–Crippen MR) is 136 cm³/mol. The average Bonchev–Trinajstić information content (AvgIpc) is 3.01. The van der Waals surface area contributed by atoms with Crippen molar-refractivity contribution in [1.29, 1.82) is 0 Å². The molecule has 0 radical (unpaired) electrons. The van der Waals surface area contributed by atoms with Crippen molar-refractivity contribution in [3.05, 3.63) is 98.1 Å². The van der Waals surface area contributed by atoms with E-state index in [0.29, 0.717) is 22.0 Å². The largest absolute Gasteiger partial charge is 0.350 e. The summed E-state index contributed by atoms with van der Waals surface area (Å²) in [6.45, 7) is 3.96. The molecule has 0 fully saturated rings. The lowest BCUT2D eigenvalue weighted by Gasteiger charge is -2.17. The number of nitrogens with one attached hydrogen (secondary N) is 2. The van der Waals surface area contributed by atoms with E-state index in [0.717, 1.165) is 16.0 Å². The Kier molecular flexibility index (Phi) is 6.66. The number of rotatable bonds is 5. The van der Waals surface area contributed by atoms with Crippen molar-refractivity contribution < 1.29 is 14.4 Å². The van der Waals surface area contributed by atoms with Gasteiger partial charge in [0.2, 0.25) is 0 Å². The normalized spacial score (nSPS) is 13.5. The number of hydrogen-bond donors (Lipinski definition) is 2. The zero-order valence-corrected chi connectivity index (χ0v) is 20.3. The molecule has 6 nitrogen and oxygen atoms in total. The maximum absolute atomic E-state index is 13.0. The Balaban J connectivity index is 1.56. The second-order valence-corrected chi connectivity index (χ2v) is 8.91. The topological polar surface area (TPSA) is 78.5 Å². The first kappa shape index (κ1) is 23.8. The molecular weight excluding hydrogens is 497 g/mol. The van der Waals surface area contributed by atoms with Crippen LogP contribution in [0.2, 0.25) is 10.0 Å². The first-order valence-electron chi connectivity index (χ1n) is 10.1. The Morgan fingerprint density at radius 3 is 2.32 bits per heavy atom. The van der Waals surface area contributed by atoms with Gasteiger partial charge in [-0.2, -0.15) is 0 Å². The molecule has 0 aliphatic carbocycles. The van der Waals surface area contributed by atoms with Crippen LogP contribution in [-0.4, -0.2) is 17.7 Å². The van der Waals surface area contributed by atoms with E-state index in [2.05, 4.69) is 10.6 Å². The Hall–Kier alpha value is -3.32. The molecule has 0 saturated carbocycles. The SMILES string of the molecule is Cc1ccc(NC(=O)c2cccc(NC3=C(Cl)C(=O)N(c4cc(Cl)ccc4Cl)C3=O)c2)cc1C. The molecule has 2 N–H and O–H groups in total. The van der Waals surface area contributed by atoms with Gasteiger partial charge in [-0.1, -0.05) is 46.9 Å². The highest BCUT2D eigenvalue weighted by Gasteiger charge is 2.40. The van der Waals surface area contributed by atoms with Crippen LogP contribution in [0.5, 0.6) is 0 Å². The van der Waals surface area contributed by atoms with Crippen molar-refractivity contribution in [3.8, 4) is 0 Å². The third kappa shape index (κ3) is 4.66. The van der Waals surface area contributed by atoms with Gasteiger partial charge in [-0.05, 0) is 73.5 Å². The molecule has 34 heavy (non-hydrogen) atoms. The molecular formula is C25H18Cl3N3O3. The van der Waals surface area contributed by atoms with E-state index in [-0.39, 0.29) is 27.3 Å². The fraction of sp³-hybridized carbons (Fsp3) is 0.0800. The number of nitrogens with zero attached hydrogens (tertiary/aromatic N) is 1. The van der Waals surface area contributed by atoms with E-state index in [4.69, 9.17) is 34.8 Å². The molecule has 9 heteroatoms. The van der Waals surface area contributed by atoms with E-state index in [9.17, 15) is 14.4 Å². The summed E-state index contributed by atoms with van der Waals surface area (Å²) in [4.78, 5) is 39.4. The van der Waals surface area contributed by atoms with Gasteiger partial charge in [-0.15, -0.1) is 0 Å². The van der Waals surface area contributed by atoms with Crippen molar-refractivity contribution in [3.63, 3.8) is 0 Å². The minimum atomic E-state index is -0.734. The van der Waals surface area contributed by atoms with Crippen LogP contribution in [0.25, 0.3) is 0 Å². The Bertz CT molecular complexity index is 1380. The number of aryl methyl sites for hydroxylation is 2. The van der Waals surface area contributed by atoms with E-state index < -0.39 is 11.8 Å². The van der Waals surface area contributed by atoms with E-state index >= 15 is 0 Å². The average molecular weight is 515 g/mol. The molecule has 0 atom stereocenters. The zero-order chi connectivity index (χ0) is 24.6. The number of imide groups is 1. The van der Waals surface area contributed by atoms with Gasteiger partial charge >= 0.3 is 0 Å². The second-order valence-electron chi connectivity index (χ2n) is 7.69. The van der Waals surface area contributed by atoms with Crippen molar-refractivity contribution >= 4 is 69.6 Å². The van der Waals surface area contributed by atoms with Gasteiger partial charge in [0.05, 0.1) is 10.7 Å². The third-order valence-electron chi connectivity index (χ3n) is 5.34. The molecule has 1 heterocycles. The van der Waals surface area contributed by atoms with Crippen LogP contribution in [0.4, 0.5) is 17.1 Å². The summed E-state index contributed by atoms with van der Waals surface area (Å²) in [7, 11) is 0. The molecule has 172 valence electrons. The molecule has 0 bridgehead atoms. The van der Waals surface area contributed by atoms with Gasteiger partial charge in [0.1, 0.15) is 10.7 Å². The van der Waals surface area contributed by atoms with Crippen LogP contribution in [0.3, 0.4) is 0 Å². The van der Waals surface area contributed by atoms with Gasteiger partial charge in [-0.25, -0.2) is 4.90 Å². The van der Waals surface area contributed by atoms with Gasteiger partial charge in [0, 0.05) is 22.0 Å². The maximum atomic E-state index is 13.0. The Morgan fingerprint density at radius 1 is 0.824 bits per heavy atom. The predicted octanol–water partition coefficient (Wildman–Crippen LogP) is 6.30. The number of carbonyl (C=O) groups is 3. The van der Waals surface area contributed by atoms with Crippen molar-refractivity contribution in [2.45, 2.75) is 13.8 Å². The second kappa shape index (κ2) is 9.50. The van der Waals surface area contributed by atoms with E-state index in [1.165, 1.54) is 12.1 Å². The number of benzene rings is 3. The number of anilines is 3. The minimum Gasteiger partial charge on any atom is -0.350 e. The van der Waals surface area contributed by atoms with Crippen LogP contribution in [0.15, 0.2) is 71.4 Å². The van der Waals surface area contributed by atoms with Crippen molar-refractivity contribution in [1.82, 2.24) is 0 Å². The van der Waals surface area contributed by atoms with Crippen LogP contribution >= 0.6 is 34.8 Å². The fourth-order valence-electron chi connectivity index (χ4n) is 3.39. The molecule has 3 aromatic carbocycles. The molecule has 3 aromatic rings. The fourth-order valence-corrected chi connectivity index (χ4v) is 3.97. The summed E-state index contributed by atoms with van der Waals surface area (Å²) in [5.74, 6) is -1.75. The molecule has 0 spiro atoms. The molecule has 0 saturated heterocycles. The lowest BCUT2D eigenvalue weighted by Crippen LogP contribution is -2.32. The zero-order valence-electron chi connectivity index (χ0n) is 18.1. The van der Waals surface area contributed by atoms with E-state index in [1.807, 2.05) is 32.0 Å².